The lowest BCUT2D eigenvalue weighted by Crippen LogP contribution is -2.00. The zero-order valence-corrected chi connectivity index (χ0v) is 16.9. The zero-order chi connectivity index (χ0) is 20.8. The Morgan fingerprint density at radius 3 is 2.13 bits per heavy atom. The minimum Gasteiger partial charge on any atom is -0.493 e. The van der Waals surface area contributed by atoms with E-state index in [1.807, 2.05) is 66.7 Å². The Hall–Kier alpha value is -3.80. The van der Waals surface area contributed by atoms with Gasteiger partial charge in [0.1, 0.15) is 19.0 Å². The molecule has 0 atom stereocenters. The predicted octanol–water partition coefficient (Wildman–Crippen LogP) is 4.81. The Kier molecular flexibility index (Phi) is 5.94. The second-order valence-electron chi connectivity index (χ2n) is 6.63. The zero-order valence-electron chi connectivity index (χ0n) is 16.9. The predicted molar refractivity (Wildman–Crippen MR) is 114 cm³/mol. The molecule has 0 fully saturated rings. The van der Waals surface area contributed by atoms with Crippen LogP contribution in [0.25, 0.3) is 10.9 Å². The SMILES string of the molecule is COc1cc2cnc(OCc3ccc(OCc4ccccc4)cc3)nc2cc1OC. The molecule has 4 aromatic rings. The van der Waals surface area contributed by atoms with Crippen LogP contribution in [0.1, 0.15) is 11.1 Å². The fraction of sp³-hybridized carbons (Fsp3) is 0.167. The summed E-state index contributed by atoms with van der Waals surface area (Å²) in [6.07, 6.45) is 1.71. The van der Waals surface area contributed by atoms with E-state index in [0.717, 1.165) is 27.8 Å². The summed E-state index contributed by atoms with van der Waals surface area (Å²) in [6, 6.07) is 21.8. The lowest BCUT2D eigenvalue weighted by atomic mass is 10.2. The molecule has 152 valence electrons. The number of aromatic nitrogens is 2. The molecule has 4 rings (SSSR count). The van der Waals surface area contributed by atoms with Crippen molar-refractivity contribution in [1.82, 2.24) is 9.97 Å². The van der Waals surface area contributed by atoms with E-state index in [0.29, 0.717) is 30.7 Å². The number of rotatable bonds is 8. The molecule has 1 aromatic heterocycles. The van der Waals surface area contributed by atoms with Crippen LogP contribution in [0.4, 0.5) is 0 Å². The van der Waals surface area contributed by atoms with Crippen molar-refractivity contribution in [3.05, 3.63) is 84.1 Å². The summed E-state index contributed by atoms with van der Waals surface area (Å²) in [4.78, 5) is 8.74. The third-order valence-corrected chi connectivity index (χ3v) is 4.60. The Labute approximate surface area is 175 Å². The molecule has 0 N–H and O–H groups in total. The Balaban J connectivity index is 1.38. The average molecular weight is 402 g/mol. The van der Waals surface area contributed by atoms with Gasteiger partial charge < -0.3 is 18.9 Å². The Morgan fingerprint density at radius 2 is 1.40 bits per heavy atom. The van der Waals surface area contributed by atoms with Gasteiger partial charge in [-0.25, -0.2) is 4.98 Å². The summed E-state index contributed by atoms with van der Waals surface area (Å²) in [5.41, 5.74) is 2.85. The molecule has 1 heterocycles. The van der Waals surface area contributed by atoms with Crippen molar-refractivity contribution >= 4 is 10.9 Å². The van der Waals surface area contributed by atoms with Gasteiger partial charge in [0.15, 0.2) is 11.5 Å². The minimum atomic E-state index is 0.305. The van der Waals surface area contributed by atoms with Gasteiger partial charge in [-0.05, 0) is 29.3 Å². The molecule has 0 saturated carbocycles. The number of benzene rings is 3. The molecule has 3 aromatic carbocycles. The van der Waals surface area contributed by atoms with Crippen molar-refractivity contribution in [2.45, 2.75) is 13.2 Å². The maximum absolute atomic E-state index is 5.81. The maximum Gasteiger partial charge on any atom is 0.317 e. The second-order valence-corrected chi connectivity index (χ2v) is 6.63. The van der Waals surface area contributed by atoms with Gasteiger partial charge in [-0.3, -0.25) is 0 Å². The standard InChI is InChI=1S/C24H22N2O4/c1-27-22-12-19-14-25-24(26-21(19)13-23(22)28-2)30-16-18-8-10-20(11-9-18)29-15-17-6-4-3-5-7-17/h3-14H,15-16H2,1-2H3. The summed E-state index contributed by atoms with van der Waals surface area (Å²) in [5, 5.41) is 0.847. The van der Waals surface area contributed by atoms with Crippen LogP contribution in [0.3, 0.4) is 0 Å². The molecule has 0 aliphatic rings. The summed E-state index contributed by atoms with van der Waals surface area (Å²) < 4.78 is 22.2. The molecule has 0 unspecified atom stereocenters. The fourth-order valence-electron chi connectivity index (χ4n) is 2.98. The van der Waals surface area contributed by atoms with E-state index < -0.39 is 0 Å². The molecule has 0 spiro atoms. The van der Waals surface area contributed by atoms with Crippen molar-refractivity contribution in [2.24, 2.45) is 0 Å². The van der Waals surface area contributed by atoms with Crippen molar-refractivity contribution in [3.63, 3.8) is 0 Å². The molecule has 0 aliphatic heterocycles. The largest absolute Gasteiger partial charge is 0.493 e. The van der Waals surface area contributed by atoms with E-state index in [9.17, 15) is 0 Å². The van der Waals surface area contributed by atoms with Crippen molar-refractivity contribution < 1.29 is 18.9 Å². The third-order valence-electron chi connectivity index (χ3n) is 4.60. The van der Waals surface area contributed by atoms with Crippen LogP contribution in [0.15, 0.2) is 72.9 Å². The summed E-state index contributed by atoms with van der Waals surface area (Å²) in [6.45, 7) is 0.896. The molecule has 0 bridgehead atoms. The van der Waals surface area contributed by atoms with Crippen molar-refractivity contribution in [1.29, 1.82) is 0 Å². The van der Waals surface area contributed by atoms with Gasteiger partial charge in [-0.2, -0.15) is 4.98 Å². The molecule has 0 radical (unpaired) electrons. The van der Waals surface area contributed by atoms with Crippen LogP contribution in [0.5, 0.6) is 23.3 Å². The van der Waals surface area contributed by atoms with Gasteiger partial charge in [-0.1, -0.05) is 42.5 Å². The molecule has 0 saturated heterocycles. The summed E-state index contributed by atoms with van der Waals surface area (Å²) in [7, 11) is 3.19. The van der Waals surface area contributed by atoms with Crippen molar-refractivity contribution in [3.8, 4) is 23.3 Å². The number of nitrogens with zero attached hydrogens (tertiary/aromatic N) is 2. The highest BCUT2D eigenvalue weighted by Gasteiger charge is 2.09. The molecular weight excluding hydrogens is 380 g/mol. The molecule has 6 heteroatoms. The number of fused-ring (bicyclic) bond motifs is 1. The fourth-order valence-corrected chi connectivity index (χ4v) is 2.98. The van der Waals surface area contributed by atoms with E-state index in [1.54, 1.807) is 20.4 Å². The van der Waals surface area contributed by atoms with Gasteiger partial charge in [0.2, 0.25) is 0 Å². The maximum atomic E-state index is 5.81. The Bertz CT molecular complexity index is 1120. The number of hydrogen-bond donors (Lipinski definition) is 0. The smallest absolute Gasteiger partial charge is 0.317 e. The first-order chi connectivity index (χ1) is 14.7. The van der Waals surface area contributed by atoms with Crippen LogP contribution in [0, 0.1) is 0 Å². The highest BCUT2D eigenvalue weighted by Crippen LogP contribution is 2.31. The van der Waals surface area contributed by atoms with Gasteiger partial charge in [0, 0.05) is 17.6 Å². The summed E-state index contributed by atoms with van der Waals surface area (Å²) in [5.74, 6) is 2.06. The van der Waals surface area contributed by atoms with E-state index in [1.165, 1.54) is 0 Å². The van der Waals surface area contributed by atoms with Gasteiger partial charge >= 0.3 is 6.01 Å². The normalized spacial score (nSPS) is 10.6. The van der Waals surface area contributed by atoms with Gasteiger partial charge in [-0.15, -0.1) is 0 Å². The molecule has 6 nitrogen and oxygen atoms in total. The van der Waals surface area contributed by atoms with Crippen LogP contribution in [0.2, 0.25) is 0 Å². The Morgan fingerprint density at radius 1 is 0.733 bits per heavy atom. The van der Waals surface area contributed by atoms with E-state index in [-0.39, 0.29) is 0 Å². The highest BCUT2D eigenvalue weighted by molar-refractivity contribution is 5.82. The van der Waals surface area contributed by atoms with E-state index >= 15 is 0 Å². The van der Waals surface area contributed by atoms with Gasteiger partial charge in [0.25, 0.3) is 0 Å². The third kappa shape index (κ3) is 4.60. The molecular formula is C24H22N2O4. The lowest BCUT2D eigenvalue weighted by molar-refractivity contribution is 0.281. The van der Waals surface area contributed by atoms with Crippen LogP contribution < -0.4 is 18.9 Å². The summed E-state index contributed by atoms with van der Waals surface area (Å²) >= 11 is 0. The lowest BCUT2D eigenvalue weighted by Gasteiger charge is -2.10. The molecule has 0 aliphatic carbocycles. The second kappa shape index (κ2) is 9.13. The first-order valence-corrected chi connectivity index (χ1v) is 9.52. The average Bonchev–Trinajstić information content (AvgIpc) is 2.81. The number of hydrogen-bond acceptors (Lipinski definition) is 6. The van der Waals surface area contributed by atoms with Crippen LogP contribution in [-0.4, -0.2) is 24.2 Å². The minimum absolute atomic E-state index is 0.305. The quantitative estimate of drug-likeness (QED) is 0.422. The monoisotopic (exact) mass is 402 g/mol. The first kappa shape index (κ1) is 19.5. The van der Waals surface area contributed by atoms with Crippen molar-refractivity contribution in [2.75, 3.05) is 14.2 Å². The topological polar surface area (TPSA) is 62.7 Å². The number of methoxy groups -OCH3 is 2. The van der Waals surface area contributed by atoms with E-state index in [4.69, 9.17) is 18.9 Å². The first-order valence-electron chi connectivity index (χ1n) is 9.52. The van der Waals surface area contributed by atoms with Gasteiger partial charge in [0.05, 0.1) is 19.7 Å². The van der Waals surface area contributed by atoms with E-state index in [2.05, 4.69) is 9.97 Å². The molecule has 30 heavy (non-hydrogen) atoms. The number of ether oxygens (including phenoxy) is 4. The van der Waals surface area contributed by atoms with Crippen LogP contribution in [-0.2, 0) is 13.2 Å². The van der Waals surface area contributed by atoms with Crippen LogP contribution >= 0.6 is 0 Å². The highest BCUT2D eigenvalue weighted by atomic mass is 16.5. The molecule has 0 amide bonds.